The Hall–Kier alpha value is -3.55. The smallest absolute Gasteiger partial charge is 0.272 e. The lowest BCUT2D eigenvalue weighted by Gasteiger charge is -2.12. The zero-order valence-corrected chi connectivity index (χ0v) is 23.4. The van der Waals surface area contributed by atoms with Crippen LogP contribution < -0.4 is 10.6 Å². The molecule has 0 aliphatic rings. The fourth-order valence-electron chi connectivity index (χ4n) is 3.45. The number of nitrogens with one attached hydrogen (secondary N) is 2. The van der Waals surface area contributed by atoms with E-state index in [1.807, 2.05) is 6.07 Å². The molecule has 2 amide bonds. The molecule has 4 aromatic rings. The molecule has 0 bridgehead atoms. The molecular weight excluding hydrogens is 575 g/mol. The molecule has 0 saturated heterocycles. The average molecular weight is 596 g/mol. The predicted octanol–water partition coefficient (Wildman–Crippen LogP) is 8.03. The quantitative estimate of drug-likeness (QED) is 0.117. The van der Waals surface area contributed by atoms with Gasteiger partial charge in [0, 0.05) is 26.7 Å². The van der Waals surface area contributed by atoms with Gasteiger partial charge in [0.1, 0.15) is 5.70 Å². The summed E-state index contributed by atoms with van der Waals surface area (Å²) in [4.78, 5) is 39.5. The molecule has 0 unspecified atom stereocenters. The van der Waals surface area contributed by atoms with E-state index in [2.05, 4.69) is 10.6 Å². The highest BCUT2D eigenvalue weighted by Crippen LogP contribution is 2.26. The van der Waals surface area contributed by atoms with Crippen molar-refractivity contribution in [2.75, 3.05) is 11.1 Å². The third-order valence-corrected chi connectivity index (χ3v) is 7.51. The summed E-state index contributed by atoms with van der Waals surface area (Å²) in [6, 6.07) is 27.4. The molecule has 0 aliphatic heterocycles. The van der Waals surface area contributed by atoms with Gasteiger partial charge in [0.05, 0.1) is 15.8 Å². The lowest BCUT2D eigenvalue weighted by atomic mass is 10.1. The number of amides is 2. The first kappa shape index (κ1) is 28.5. The standard InChI is InChI=1S/C30H21Cl3N2O3S/c31-24-12-5-4-9-20(24)16-27(35-29(37)19-7-2-1-3-8-19)30(38)34-22-10-6-11-23(17-22)39-18-28(36)21-13-14-25(32)26(33)15-21/h1-17H,18H2,(H,34,38)(H,35,37)/b27-16-. The lowest BCUT2D eigenvalue weighted by Crippen LogP contribution is -2.30. The molecule has 5 nitrogen and oxygen atoms in total. The van der Waals surface area contributed by atoms with Crippen LogP contribution in [0.15, 0.2) is 108 Å². The maximum atomic E-state index is 13.3. The first-order chi connectivity index (χ1) is 18.8. The number of anilines is 1. The minimum atomic E-state index is -0.534. The van der Waals surface area contributed by atoms with Crippen molar-refractivity contribution in [3.63, 3.8) is 0 Å². The number of hydrogen-bond acceptors (Lipinski definition) is 4. The predicted molar refractivity (Wildman–Crippen MR) is 160 cm³/mol. The Balaban J connectivity index is 1.49. The summed E-state index contributed by atoms with van der Waals surface area (Å²) in [5.41, 5.74) is 1.95. The van der Waals surface area contributed by atoms with Crippen molar-refractivity contribution in [1.82, 2.24) is 5.32 Å². The van der Waals surface area contributed by atoms with Gasteiger partial charge in [0.25, 0.3) is 11.8 Å². The minimum absolute atomic E-state index is 0.0183. The number of Topliss-reactive ketones (excluding diaryl/α,β-unsaturated/α-hetero) is 1. The Bertz CT molecular complexity index is 1560. The summed E-state index contributed by atoms with van der Waals surface area (Å²) < 4.78 is 0. The van der Waals surface area contributed by atoms with E-state index in [4.69, 9.17) is 34.8 Å². The third-order valence-electron chi connectivity index (χ3n) is 5.44. The molecule has 0 radical (unpaired) electrons. The molecule has 0 atom stereocenters. The van der Waals surface area contributed by atoms with Crippen molar-refractivity contribution in [1.29, 1.82) is 0 Å². The van der Waals surface area contributed by atoms with Crippen molar-refractivity contribution in [3.05, 3.63) is 135 Å². The number of halogens is 3. The second-order valence-electron chi connectivity index (χ2n) is 8.22. The molecular formula is C30H21Cl3N2O3S. The summed E-state index contributed by atoms with van der Waals surface area (Å²) >= 11 is 19.6. The Morgan fingerprint density at radius 1 is 0.718 bits per heavy atom. The van der Waals surface area contributed by atoms with Gasteiger partial charge in [-0.25, -0.2) is 0 Å². The SMILES string of the molecule is O=C(Nc1cccc(SCC(=O)c2ccc(Cl)c(Cl)c2)c1)/C(=C/c1ccccc1Cl)NC(=O)c1ccccc1. The largest absolute Gasteiger partial charge is 0.321 e. The zero-order chi connectivity index (χ0) is 27.8. The topological polar surface area (TPSA) is 75.3 Å². The van der Waals surface area contributed by atoms with E-state index in [1.54, 1.807) is 91.0 Å². The highest BCUT2D eigenvalue weighted by atomic mass is 35.5. The van der Waals surface area contributed by atoms with E-state index in [-0.39, 0.29) is 17.2 Å². The molecule has 0 spiro atoms. The number of carbonyl (C=O) groups is 3. The molecule has 39 heavy (non-hydrogen) atoms. The summed E-state index contributed by atoms with van der Waals surface area (Å²) in [5, 5.41) is 6.64. The summed E-state index contributed by atoms with van der Waals surface area (Å²) in [6.07, 6.45) is 1.52. The van der Waals surface area contributed by atoms with Gasteiger partial charge in [0.15, 0.2) is 5.78 Å². The van der Waals surface area contributed by atoms with Gasteiger partial charge >= 0.3 is 0 Å². The minimum Gasteiger partial charge on any atom is -0.321 e. The average Bonchev–Trinajstić information content (AvgIpc) is 2.94. The van der Waals surface area contributed by atoms with Crippen LogP contribution in [0.1, 0.15) is 26.3 Å². The number of rotatable bonds is 9. The van der Waals surface area contributed by atoms with Gasteiger partial charge in [-0.1, -0.05) is 77.3 Å². The van der Waals surface area contributed by atoms with Crippen molar-refractivity contribution < 1.29 is 14.4 Å². The first-order valence-corrected chi connectivity index (χ1v) is 13.8. The molecule has 0 fully saturated rings. The van der Waals surface area contributed by atoms with E-state index in [1.165, 1.54) is 17.8 Å². The maximum absolute atomic E-state index is 13.3. The fourth-order valence-corrected chi connectivity index (χ4v) is 4.79. The molecule has 4 rings (SSSR count). The van der Waals surface area contributed by atoms with Crippen LogP contribution in [0.2, 0.25) is 15.1 Å². The molecule has 0 aliphatic carbocycles. The molecule has 196 valence electrons. The molecule has 0 heterocycles. The number of ketones is 1. The number of carbonyl (C=O) groups excluding carboxylic acids is 3. The van der Waals surface area contributed by atoms with E-state index < -0.39 is 11.8 Å². The van der Waals surface area contributed by atoms with Crippen LogP contribution >= 0.6 is 46.6 Å². The fraction of sp³-hybridized carbons (Fsp3) is 0.0333. The highest BCUT2D eigenvalue weighted by Gasteiger charge is 2.16. The van der Waals surface area contributed by atoms with Gasteiger partial charge in [-0.3, -0.25) is 14.4 Å². The van der Waals surface area contributed by atoms with Gasteiger partial charge in [-0.2, -0.15) is 0 Å². The molecule has 0 aromatic heterocycles. The van der Waals surface area contributed by atoms with E-state index in [0.29, 0.717) is 37.4 Å². The zero-order valence-electron chi connectivity index (χ0n) is 20.3. The summed E-state index contributed by atoms with van der Waals surface area (Å²) in [5.74, 6) is -0.913. The molecule has 9 heteroatoms. The Kier molecular flexibility index (Phi) is 9.85. The normalized spacial score (nSPS) is 11.1. The van der Waals surface area contributed by atoms with Crippen LogP contribution in [-0.4, -0.2) is 23.4 Å². The van der Waals surface area contributed by atoms with Gasteiger partial charge in [-0.05, 0) is 66.2 Å². The van der Waals surface area contributed by atoms with E-state index in [9.17, 15) is 14.4 Å². The number of thioether (sulfide) groups is 1. The van der Waals surface area contributed by atoms with Crippen molar-refractivity contribution in [2.45, 2.75) is 4.90 Å². The van der Waals surface area contributed by atoms with Crippen LogP contribution in [0.3, 0.4) is 0 Å². The van der Waals surface area contributed by atoms with Crippen LogP contribution in [0, 0.1) is 0 Å². The van der Waals surface area contributed by atoms with Crippen LogP contribution in [-0.2, 0) is 4.79 Å². The second-order valence-corrected chi connectivity index (χ2v) is 10.5. The Labute approximate surface area is 245 Å². The van der Waals surface area contributed by atoms with Gasteiger partial charge in [-0.15, -0.1) is 11.8 Å². The Morgan fingerprint density at radius 3 is 2.21 bits per heavy atom. The van der Waals surface area contributed by atoms with Crippen LogP contribution in [0.4, 0.5) is 5.69 Å². The highest BCUT2D eigenvalue weighted by molar-refractivity contribution is 8.00. The van der Waals surface area contributed by atoms with Crippen molar-refractivity contribution in [3.8, 4) is 0 Å². The van der Waals surface area contributed by atoms with E-state index >= 15 is 0 Å². The van der Waals surface area contributed by atoms with Gasteiger partial charge in [0.2, 0.25) is 0 Å². The maximum Gasteiger partial charge on any atom is 0.272 e. The Morgan fingerprint density at radius 2 is 1.46 bits per heavy atom. The third kappa shape index (κ3) is 7.97. The number of benzene rings is 4. The summed E-state index contributed by atoms with van der Waals surface area (Å²) in [6.45, 7) is 0. The number of hydrogen-bond donors (Lipinski definition) is 2. The summed E-state index contributed by atoms with van der Waals surface area (Å²) in [7, 11) is 0. The molecule has 0 saturated carbocycles. The van der Waals surface area contributed by atoms with Crippen LogP contribution in [0.5, 0.6) is 0 Å². The lowest BCUT2D eigenvalue weighted by molar-refractivity contribution is -0.113. The van der Waals surface area contributed by atoms with E-state index in [0.717, 1.165) is 4.90 Å². The second kappa shape index (κ2) is 13.5. The monoisotopic (exact) mass is 594 g/mol. The molecule has 2 N–H and O–H groups in total. The van der Waals surface area contributed by atoms with Gasteiger partial charge < -0.3 is 10.6 Å². The molecule has 4 aromatic carbocycles. The van der Waals surface area contributed by atoms with Crippen molar-refractivity contribution in [2.24, 2.45) is 0 Å². The first-order valence-electron chi connectivity index (χ1n) is 11.7. The van der Waals surface area contributed by atoms with Crippen molar-refractivity contribution >= 4 is 75.9 Å². The van der Waals surface area contributed by atoms with Crippen LogP contribution in [0.25, 0.3) is 6.08 Å².